The van der Waals surface area contributed by atoms with E-state index in [0.717, 1.165) is 6.07 Å². The molecule has 4 heteroatoms. The minimum atomic E-state index is -0.946. The van der Waals surface area contributed by atoms with Crippen LogP contribution >= 0.6 is 0 Å². The molecule has 74 valence electrons. The van der Waals surface area contributed by atoms with E-state index in [1.165, 1.54) is 12.1 Å². The lowest BCUT2D eigenvalue weighted by molar-refractivity contribution is -0.138. The molecule has 0 unspecified atom stereocenters. The van der Waals surface area contributed by atoms with E-state index in [-0.39, 0.29) is 11.5 Å². The van der Waals surface area contributed by atoms with Crippen LogP contribution < -0.4 is 0 Å². The first-order valence-corrected chi connectivity index (χ1v) is 4.28. The van der Waals surface area contributed by atoms with Gasteiger partial charge in [0.2, 0.25) is 0 Å². The van der Waals surface area contributed by atoms with Crippen LogP contribution in [0.4, 0.5) is 8.78 Å². The van der Waals surface area contributed by atoms with Crippen LogP contribution in [0.15, 0.2) is 18.2 Å². The summed E-state index contributed by atoms with van der Waals surface area (Å²) in [6.45, 7) is 0. The van der Waals surface area contributed by atoms with Crippen LogP contribution in [0.25, 0.3) is 0 Å². The Labute approximate surface area is 79.2 Å². The summed E-state index contributed by atoms with van der Waals surface area (Å²) < 4.78 is 25.9. The molecule has 0 radical (unpaired) electrons. The van der Waals surface area contributed by atoms with Gasteiger partial charge in [-0.15, -0.1) is 0 Å². The normalized spacial score (nSPS) is 24.7. The molecule has 1 aliphatic rings. The third kappa shape index (κ3) is 1.36. The second-order valence-electron chi connectivity index (χ2n) is 3.43. The fraction of sp³-hybridized carbons (Fsp3) is 0.300. The third-order valence-corrected chi connectivity index (χ3v) is 2.49. The SMILES string of the molecule is O=C(O)[C@@H]1C[C@@H]1c1cccc(F)c1F. The highest BCUT2D eigenvalue weighted by Gasteiger charge is 2.45. The van der Waals surface area contributed by atoms with Crippen LogP contribution in [-0.4, -0.2) is 11.1 Å². The van der Waals surface area contributed by atoms with Crippen molar-refractivity contribution >= 4 is 5.97 Å². The highest BCUT2D eigenvalue weighted by Crippen LogP contribution is 2.48. The lowest BCUT2D eigenvalue weighted by atomic mass is 10.1. The number of carbonyl (C=O) groups is 1. The number of carboxylic acids is 1. The zero-order chi connectivity index (χ0) is 10.3. The number of aliphatic carboxylic acids is 1. The number of benzene rings is 1. The van der Waals surface area contributed by atoms with Crippen molar-refractivity contribution in [1.82, 2.24) is 0 Å². The maximum absolute atomic E-state index is 13.2. The molecule has 1 aromatic rings. The lowest BCUT2D eigenvalue weighted by Crippen LogP contribution is -2.00. The minimum Gasteiger partial charge on any atom is -0.481 e. The monoisotopic (exact) mass is 198 g/mol. The van der Waals surface area contributed by atoms with Crippen LogP contribution in [-0.2, 0) is 4.79 Å². The fourth-order valence-corrected chi connectivity index (χ4v) is 1.62. The van der Waals surface area contributed by atoms with E-state index in [4.69, 9.17) is 5.11 Å². The molecule has 0 bridgehead atoms. The number of hydrogen-bond acceptors (Lipinski definition) is 1. The van der Waals surface area contributed by atoms with Crippen LogP contribution in [0, 0.1) is 17.6 Å². The van der Waals surface area contributed by atoms with Gasteiger partial charge in [0.05, 0.1) is 5.92 Å². The van der Waals surface area contributed by atoms with Crippen molar-refractivity contribution in [1.29, 1.82) is 0 Å². The third-order valence-electron chi connectivity index (χ3n) is 2.49. The quantitative estimate of drug-likeness (QED) is 0.790. The molecule has 2 rings (SSSR count). The Kier molecular flexibility index (Phi) is 1.98. The summed E-state index contributed by atoms with van der Waals surface area (Å²) in [5.41, 5.74) is 0.178. The summed E-state index contributed by atoms with van der Waals surface area (Å²) in [6.07, 6.45) is 0.399. The van der Waals surface area contributed by atoms with Gasteiger partial charge in [-0.3, -0.25) is 4.79 Å². The maximum Gasteiger partial charge on any atom is 0.307 e. The molecule has 0 amide bonds. The van der Waals surface area contributed by atoms with Crippen LogP contribution in [0.3, 0.4) is 0 Å². The van der Waals surface area contributed by atoms with Crippen molar-refractivity contribution < 1.29 is 18.7 Å². The van der Waals surface area contributed by atoms with E-state index in [9.17, 15) is 13.6 Å². The zero-order valence-corrected chi connectivity index (χ0v) is 7.21. The minimum absolute atomic E-state index is 0.178. The van der Waals surface area contributed by atoms with Crippen molar-refractivity contribution in [3.63, 3.8) is 0 Å². The van der Waals surface area contributed by atoms with Crippen molar-refractivity contribution in [2.75, 3.05) is 0 Å². The highest BCUT2D eigenvalue weighted by atomic mass is 19.2. The van der Waals surface area contributed by atoms with Crippen LogP contribution in [0.1, 0.15) is 17.9 Å². The van der Waals surface area contributed by atoms with Crippen LogP contribution in [0.5, 0.6) is 0 Å². The highest BCUT2D eigenvalue weighted by molar-refractivity contribution is 5.75. The van der Waals surface area contributed by atoms with E-state index in [1.54, 1.807) is 0 Å². The maximum atomic E-state index is 13.2. The van der Waals surface area contributed by atoms with Crippen LogP contribution in [0.2, 0.25) is 0 Å². The Hall–Kier alpha value is -1.45. The van der Waals surface area contributed by atoms with Crippen molar-refractivity contribution in [3.05, 3.63) is 35.4 Å². The molecule has 1 N–H and O–H groups in total. The van der Waals surface area contributed by atoms with E-state index >= 15 is 0 Å². The molecule has 0 heterocycles. The van der Waals surface area contributed by atoms with Crippen molar-refractivity contribution in [2.24, 2.45) is 5.92 Å². The average molecular weight is 198 g/mol. The molecular weight excluding hydrogens is 190 g/mol. The van der Waals surface area contributed by atoms with Gasteiger partial charge < -0.3 is 5.11 Å². The Morgan fingerprint density at radius 3 is 2.71 bits per heavy atom. The second-order valence-corrected chi connectivity index (χ2v) is 3.43. The van der Waals surface area contributed by atoms with Gasteiger partial charge in [0.25, 0.3) is 0 Å². The van der Waals surface area contributed by atoms with Gasteiger partial charge in [-0.25, -0.2) is 8.78 Å². The smallest absolute Gasteiger partial charge is 0.307 e. The summed E-state index contributed by atoms with van der Waals surface area (Å²) >= 11 is 0. The molecule has 0 aliphatic heterocycles. The van der Waals surface area contributed by atoms with Gasteiger partial charge in [-0.05, 0) is 18.1 Å². The number of carboxylic acid groups (broad SMARTS) is 1. The van der Waals surface area contributed by atoms with E-state index in [0.29, 0.717) is 6.42 Å². The van der Waals surface area contributed by atoms with E-state index < -0.39 is 23.5 Å². The van der Waals surface area contributed by atoms with Gasteiger partial charge >= 0.3 is 5.97 Å². The van der Waals surface area contributed by atoms with Crippen molar-refractivity contribution in [3.8, 4) is 0 Å². The fourth-order valence-electron chi connectivity index (χ4n) is 1.62. The Morgan fingerprint density at radius 2 is 2.14 bits per heavy atom. The molecular formula is C10H8F2O2. The molecule has 1 saturated carbocycles. The molecule has 1 aromatic carbocycles. The van der Waals surface area contributed by atoms with Gasteiger partial charge in [0.15, 0.2) is 11.6 Å². The van der Waals surface area contributed by atoms with Gasteiger partial charge in [-0.2, -0.15) is 0 Å². The Bertz CT molecular complexity index is 390. The molecule has 1 fully saturated rings. The topological polar surface area (TPSA) is 37.3 Å². The van der Waals surface area contributed by atoms with Gasteiger partial charge in [0.1, 0.15) is 0 Å². The van der Waals surface area contributed by atoms with Gasteiger partial charge in [0, 0.05) is 5.92 Å². The van der Waals surface area contributed by atoms with Gasteiger partial charge in [-0.1, -0.05) is 12.1 Å². The van der Waals surface area contributed by atoms with E-state index in [2.05, 4.69) is 0 Å². The predicted octanol–water partition coefficient (Wildman–Crippen LogP) is 2.15. The molecule has 2 atom stereocenters. The zero-order valence-electron chi connectivity index (χ0n) is 7.21. The Balaban J connectivity index is 2.27. The summed E-state index contributed by atoms with van der Waals surface area (Å²) in [4.78, 5) is 10.5. The summed E-state index contributed by atoms with van der Waals surface area (Å²) in [6, 6.07) is 3.86. The number of hydrogen-bond donors (Lipinski definition) is 1. The average Bonchev–Trinajstić information content (AvgIpc) is 2.89. The summed E-state index contributed by atoms with van der Waals surface area (Å²) in [5.74, 6) is -3.69. The standard InChI is InChI=1S/C10H8F2O2/c11-8-3-1-2-5(9(8)12)6-4-7(6)10(13)14/h1-3,6-7H,4H2,(H,13,14)/t6-,7-/m1/s1. The second kappa shape index (κ2) is 3.04. The molecule has 0 spiro atoms. The molecule has 2 nitrogen and oxygen atoms in total. The lowest BCUT2D eigenvalue weighted by Gasteiger charge is -2.01. The predicted molar refractivity (Wildman–Crippen MR) is 44.8 cm³/mol. The van der Waals surface area contributed by atoms with E-state index in [1.807, 2.05) is 0 Å². The molecule has 0 aromatic heterocycles. The number of rotatable bonds is 2. The molecule has 0 saturated heterocycles. The van der Waals surface area contributed by atoms with Crippen molar-refractivity contribution in [2.45, 2.75) is 12.3 Å². The Morgan fingerprint density at radius 1 is 1.43 bits per heavy atom. The number of halogens is 2. The summed E-state index contributed by atoms with van der Waals surface area (Å²) in [5, 5.41) is 8.63. The first kappa shape index (κ1) is 9.12. The molecule has 1 aliphatic carbocycles. The largest absolute Gasteiger partial charge is 0.481 e. The summed E-state index contributed by atoms with van der Waals surface area (Å²) in [7, 11) is 0. The first-order valence-electron chi connectivity index (χ1n) is 4.28. The first-order chi connectivity index (χ1) is 6.61. The molecule has 14 heavy (non-hydrogen) atoms.